The third-order valence-corrected chi connectivity index (χ3v) is 11.5. The van der Waals surface area contributed by atoms with Crippen molar-refractivity contribution in [3.8, 4) is 33.4 Å². The summed E-state index contributed by atoms with van der Waals surface area (Å²) in [4.78, 5) is 0. The predicted octanol–water partition coefficient (Wildman–Crippen LogP) is 15.1. The van der Waals surface area contributed by atoms with Crippen LogP contribution in [0.4, 0.5) is 0 Å². The minimum absolute atomic E-state index is 0.0107. The maximum Gasteiger partial charge on any atom is 0.0146 e. The first-order valence-electron chi connectivity index (χ1n) is 19.1. The van der Waals surface area contributed by atoms with Crippen LogP contribution in [0.5, 0.6) is 0 Å². The van der Waals surface area contributed by atoms with E-state index in [2.05, 4.69) is 213 Å². The molecule has 0 N–H and O–H groups in total. The van der Waals surface area contributed by atoms with Crippen LogP contribution >= 0.6 is 0 Å². The van der Waals surface area contributed by atoms with Gasteiger partial charge in [-0.05, 0) is 123 Å². The van der Waals surface area contributed by atoms with Crippen LogP contribution in [0.25, 0.3) is 65.7 Å². The van der Waals surface area contributed by atoms with Crippen LogP contribution < -0.4 is 0 Å². The van der Waals surface area contributed by atoms with Crippen LogP contribution in [-0.4, -0.2) is 0 Å². The van der Waals surface area contributed by atoms with Crippen LogP contribution in [0.2, 0.25) is 0 Å². The fourth-order valence-electron chi connectivity index (χ4n) is 8.08. The quantitative estimate of drug-likeness (QED) is 0.158. The van der Waals surface area contributed by atoms with Gasteiger partial charge in [-0.2, -0.15) is 0 Å². The van der Waals surface area contributed by atoms with E-state index < -0.39 is 0 Å². The number of fused-ring (bicyclic) bond motifs is 3. The molecule has 0 nitrogen and oxygen atoms in total. The lowest BCUT2D eigenvalue weighted by Crippen LogP contribution is -2.18. The Hall–Kier alpha value is -5.46. The first kappa shape index (κ1) is 34.6. The van der Waals surface area contributed by atoms with E-state index in [1.807, 2.05) is 0 Å². The van der Waals surface area contributed by atoms with Crippen LogP contribution in [0.1, 0.15) is 77.6 Å². The second kappa shape index (κ2) is 12.9. The maximum atomic E-state index is 2.47. The molecule has 0 bridgehead atoms. The average molecular weight is 687 g/mol. The molecule has 0 unspecified atom stereocenters. The molecule has 0 spiro atoms. The Morgan fingerprint density at radius 2 is 0.755 bits per heavy atom. The summed E-state index contributed by atoms with van der Waals surface area (Å²) in [6, 6.07) is 59.3. The van der Waals surface area contributed by atoms with Gasteiger partial charge in [0.25, 0.3) is 0 Å². The van der Waals surface area contributed by atoms with Crippen molar-refractivity contribution in [1.82, 2.24) is 0 Å². The zero-order chi connectivity index (χ0) is 37.1. The molecule has 262 valence electrons. The highest BCUT2D eigenvalue weighted by atomic mass is 14.3. The van der Waals surface area contributed by atoms with Gasteiger partial charge in [0, 0.05) is 5.41 Å². The van der Waals surface area contributed by atoms with E-state index in [4.69, 9.17) is 0 Å². The molecule has 0 aliphatic carbocycles. The van der Waals surface area contributed by atoms with Crippen LogP contribution in [-0.2, 0) is 16.2 Å². The number of rotatable bonds is 5. The summed E-state index contributed by atoms with van der Waals surface area (Å²) in [5, 5.41) is 7.71. The van der Waals surface area contributed by atoms with Crippen LogP contribution in [0, 0.1) is 0 Å². The third kappa shape index (κ3) is 6.35. The van der Waals surface area contributed by atoms with E-state index in [-0.39, 0.29) is 16.2 Å². The lowest BCUT2D eigenvalue weighted by molar-refractivity contribution is 0.590. The van der Waals surface area contributed by atoms with Crippen molar-refractivity contribution in [2.45, 2.75) is 71.6 Å². The van der Waals surface area contributed by atoms with Crippen LogP contribution in [0.15, 0.2) is 158 Å². The smallest absolute Gasteiger partial charge is 0.0146 e. The molecule has 0 aliphatic rings. The zero-order valence-corrected chi connectivity index (χ0v) is 32.5. The van der Waals surface area contributed by atoms with Gasteiger partial charge in [0.15, 0.2) is 0 Å². The lowest BCUT2D eigenvalue weighted by Gasteiger charge is -2.26. The second-order valence-electron chi connectivity index (χ2n) is 17.5. The van der Waals surface area contributed by atoms with E-state index in [9.17, 15) is 0 Å². The minimum Gasteiger partial charge on any atom is -0.0622 e. The molecule has 0 saturated heterocycles. The fraction of sp³-hybridized carbons (Fsp3) is 0.208. The monoisotopic (exact) mass is 686 g/mol. The molecule has 0 heteroatoms. The standard InChI is InChI=1S/C53H50/c1-51(2,3)43-28-30-46-47(33-43)49(39-18-14-17-38(31-39)36-23-25-42(26-24-36)53(7,8)41-19-10-9-11-20-41)45-29-27-44(52(4,5)6)34-48(45)50(46)40-22-21-35-15-12-13-16-37(35)32-40/h9-34H,1-8H3. The molecular weight excluding hydrogens is 637 g/mol. The molecule has 0 atom stereocenters. The van der Waals surface area contributed by atoms with Gasteiger partial charge in [0.05, 0.1) is 0 Å². The molecule has 53 heavy (non-hydrogen) atoms. The summed E-state index contributed by atoms with van der Waals surface area (Å²) >= 11 is 0. The fourth-order valence-corrected chi connectivity index (χ4v) is 8.08. The molecule has 0 radical (unpaired) electrons. The molecule has 0 aliphatic heterocycles. The molecular formula is C53H50. The summed E-state index contributed by atoms with van der Waals surface area (Å²) in [6.45, 7) is 18.5. The zero-order valence-electron chi connectivity index (χ0n) is 32.5. The molecule has 0 aromatic heterocycles. The van der Waals surface area contributed by atoms with E-state index in [1.165, 1.54) is 88.0 Å². The molecule has 8 aromatic carbocycles. The Morgan fingerprint density at radius 1 is 0.283 bits per heavy atom. The van der Waals surface area contributed by atoms with Crippen molar-refractivity contribution >= 4 is 32.3 Å². The van der Waals surface area contributed by atoms with E-state index in [0.29, 0.717) is 0 Å². The molecule has 0 fully saturated rings. The summed E-state index contributed by atoms with van der Waals surface area (Å²) in [7, 11) is 0. The van der Waals surface area contributed by atoms with Gasteiger partial charge in [-0.15, -0.1) is 0 Å². The van der Waals surface area contributed by atoms with Crippen molar-refractivity contribution < 1.29 is 0 Å². The first-order chi connectivity index (χ1) is 25.3. The first-order valence-corrected chi connectivity index (χ1v) is 19.1. The molecule has 8 aromatic rings. The van der Waals surface area contributed by atoms with Gasteiger partial charge in [-0.25, -0.2) is 0 Å². The molecule has 0 saturated carbocycles. The summed E-state index contributed by atoms with van der Waals surface area (Å²) in [5.41, 5.74) is 12.8. The van der Waals surface area contributed by atoms with Crippen molar-refractivity contribution in [1.29, 1.82) is 0 Å². The van der Waals surface area contributed by atoms with Crippen molar-refractivity contribution in [2.24, 2.45) is 0 Å². The van der Waals surface area contributed by atoms with E-state index >= 15 is 0 Å². The van der Waals surface area contributed by atoms with E-state index in [1.54, 1.807) is 0 Å². The predicted molar refractivity (Wildman–Crippen MR) is 231 cm³/mol. The Morgan fingerprint density at radius 3 is 1.34 bits per heavy atom. The SMILES string of the molecule is CC(C)(C)c1ccc2c(-c3ccc4ccccc4c3)c3cc(C(C)(C)C)ccc3c(-c3cccc(-c4ccc(C(C)(C)c5ccccc5)cc4)c3)c2c1. The largest absolute Gasteiger partial charge is 0.0622 e. The van der Waals surface area contributed by atoms with Gasteiger partial charge < -0.3 is 0 Å². The van der Waals surface area contributed by atoms with Crippen molar-refractivity contribution in [3.05, 3.63) is 180 Å². The number of benzene rings is 8. The molecule has 8 rings (SSSR count). The summed E-state index contributed by atoms with van der Waals surface area (Å²) in [6.07, 6.45) is 0. The van der Waals surface area contributed by atoms with Crippen molar-refractivity contribution in [3.63, 3.8) is 0 Å². The normalized spacial score (nSPS) is 12.5. The highest BCUT2D eigenvalue weighted by Gasteiger charge is 2.24. The Kier molecular flexibility index (Phi) is 8.42. The van der Waals surface area contributed by atoms with Crippen LogP contribution in [0.3, 0.4) is 0 Å². The Bertz CT molecular complexity index is 2620. The van der Waals surface area contributed by atoms with Gasteiger partial charge in [-0.3, -0.25) is 0 Å². The van der Waals surface area contributed by atoms with Gasteiger partial charge in [-0.1, -0.05) is 189 Å². The topological polar surface area (TPSA) is 0 Å². The number of hydrogen-bond donors (Lipinski definition) is 0. The minimum atomic E-state index is -0.0804. The molecule has 0 amide bonds. The highest BCUT2D eigenvalue weighted by Crippen LogP contribution is 2.47. The van der Waals surface area contributed by atoms with Gasteiger partial charge in [0.1, 0.15) is 0 Å². The van der Waals surface area contributed by atoms with Gasteiger partial charge in [0.2, 0.25) is 0 Å². The van der Waals surface area contributed by atoms with Crippen molar-refractivity contribution in [2.75, 3.05) is 0 Å². The highest BCUT2D eigenvalue weighted by molar-refractivity contribution is 6.22. The van der Waals surface area contributed by atoms with Gasteiger partial charge >= 0.3 is 0 Å². The summed E-state index contributed by atoms with van der Waals surface area (Å²) in [5.74, 6) is 0. The van der Waals surface area contributed by atoms with E-state index in [0.717, 1.165) is 0 Å². The maximum absolute atomic E-state index is 2.47. The Labute approximate surface area is 316 Å². The second-order valence-corrected chi connectivity index (χ2v) is 17.5. The lowest BCUT2D eigenvalue weighted by atomic mass is 9.78. The molecule has 0 heterocycles. The third-order valence-electron chi connectivity index (χ3n) is 11.5. The Balaban J connectivity index is 1.37. The number of hydrogen-bond acceptors (Lipinski definition) is 0. The average Bonchev–Trinajstić information content (AvgIpc) is 3.16. The summed E-state index contributed by atoms with van der Waals surface area (Å²) < 4.78 is 0.